The predicted molar refractivity (Wildman–Crippen MR) is 36.0 cm³/mol. The molecule has 0 aromatic carbocycles. The number of rotatable bonds is 3. The largest absolute Gasteiger partial charge is 0.314 e. The number of nitrogens with two attached hydrogens (primary N) is 2. The summed E-state index contributed by atoms with van der Waals surface area (Å²) in [5.41, 5.74) is 5.15. The Bertz CT molecular complexity index is 163. The van der Waals surface area contributed by atoms with Crippen LogP contribution in [0.3, 0.4) is 0 Å². The van der Waals surface area contributed by atoms with Gasteiger partial charge in [0.25, 0.3) is 0 Å². The van der Waals surface area contributed by atoms with Crippen molar-refractivity contribution in [1.29, 1.82) is 0 Å². The van der Waals surface area contributed by atoms with Crippen LogP contribution in [0.4, 0.5) is 0 Å². The molecule has 4 N–H and O–H groups in total. The lowest BCUT2D eigenvalue weighted by Gasteiger charge is -2.04. The first-order valence-electron chi connectivity index (χ1n) is 2.75. The zero-order valence-corrected chi connectivity index (χ0v) is 6.19. The molecule has 0 aromatic rings. The molecule has 9 heavy (non-hydrogen) atoms. The van der Waals surface area contributed by atoms with Gasteiger partial charge in [0.05, 0.1) is 0 Å². The summed E-state index contributed by atoms with van der Waals surface area (Å²) in [4.78, 5) is 0. The quantitative estimate of drug-likeness (QED) is 0.564. The van der Waals surface area contributed by atoms with Gasteiger partial charge in [-0.3, -0.25) is 0 Å². The molecule has 0 aliphatic carbocycles. The molecule has 0 heterocycles. The van der Waals surface area contributed by atoms with E-state index in [1.54, 1.807) is 0 Å². The predicted octanol–water partition coefficient (Wildman–Crippen LogP) is -0.640. The first-order chi connectivity index (χ1) is 3.98. The van der Waals surface area contributed by atoms with Gasteiger partial charge < -0.3 is 5.73 Å². The molecular formula is C4H12N2O2S. The summed E-state index contributed by atoms with van der Waals surface area (Å²) in [6.45, 7) is 1.85. The molecule has 0 saturated heterocycles. The van der Waals surface area contributed by atoms with E-state index in [1.165, 1.54) is 0 Å². The van der Waals surface area contributed by atoms with Gasteiger partial charge in [-0.25, -0.2) is 13.6 Å². The second-order valence-electron chi connectivity index (χ2n) is 1.92. The van der Waals surface area contributed by atoms with Crippen LogP contribution in [-0.4, -0.2) is 13.8 Å². The van der Waals surface area contributed by atoms with E-state index in [2.05, 4.69) is 0 Å². The summed E-state index contributed by atoms with van der Waals surface area (Å²) in [6.07, 6.45) is 1.16. The van der Waals surface area contributed by atoms with E-state index in [4.69, 9.17) is 10.9 Å². The maximum Gasteiger partial charge on any atom is 0.224 e. The fourth-order valence-electron chi connectivity index (χ4n) is 0.449. The van der Waals surface area contributed by atoms with Crippen LogP contribution in [0.1, 0.15) is 19.8 Å². The van der Waals surface area contributed by atoms with Crippen LogP contribution >= 0.6 is 0 Å². The van der Waals surface area contributed by atoms with Gasteiger partial charge in [-0.1, -0.05) is 13.3 Å². The third-order valence-corrected chi connectivity index (χ3v) is 2.07. The van der Waals surface area contributed by atoms with E-state index in [1.807, 2.05) is 6.92 Å². The monoisotopic (exact) mass is 152 g/mol. The zero-order chi connectivity index (χ0) is 7.49. The van der Waals surface area contributed by atoms with E-state index in [0.717, 1.165) is 6.42 Å². The molecule has 0 bridgehead atoms. The number of primary sulfonamides is 1. The van der Waals surface area contributed by atoms with E-state index < -0.39 is 15.4 Å². The second-order valence-corrected chi connectivity index (χ2v) is 3.70. The highest BCUT2D eigenvalue weighted by Crippen LogP contribution is 1.96. The number of sulfonamides is 1. The summed E-state index contributed by atoms with van der Waals surface area (Å²) < 4.78 is 20.7. The van der Waals surface area contributed by atoms with E-state index in [9.17, 15) is 8.42 Å². The molecule has 0 radical (unpaired) electrons. The van der Waals surface area contributed by atoms with E-state index in [-0.39, 0.29) is 0 Å². The molecule has 0 aromatic heterocycles. The summed E-state index contributed by atoms with van der Waals surface area (Å²) in [7, 11) is -3.49. The Morgan fingerprint density at radius 3 is 2.11 bits per heavy atom. The summed E-state index contributed by atoms with van der Waals surface area (Å²) >= 11 is 0. The van der Waals surface area contributed by atoms with Crippen molar-refractivity contribution in [3.05, 3.63) is 0 Å². The molecule has 0 saturated carbocycles. The van der Waals surface area contributed by atoms with Gasteiger partial charge in [-0.2, -0.15) is 0 Å². The van der Waals surface area contributed by atoms with Crippen LogP contribution in [0, 0.1) is 0 Å². The number of hydrogen-bond donors (Lipinski definition) is 2. The van der Waals surface area contributed by atoms with Crippen LogP contribution in [0.2, 0.25) is 0 Å². The lowest BCUT2D eigenvalue weighted by atomic mass is 10.3. The molecule has 0 spiro atoms. The van der Waals surface area contributed by atoms with E-state index >= 15 is 0 Å². The Morgan fingerprint density at radius 1 is 1.56 bits per heavy atom. The van der Waals surface area contributed by atoms with Gasteiger partial charge in [0.1, 0.15) is 5.37 Å². The normalized spacial score (nSPS) is 15.4. The average Bonchev–Trinajstić information content (AvgIpc) is 1.64. The van der Waals surface area contributed by atoms with Crippen molar-refractivity contribution in [1.82, 2.24) is 0 Å². The minimum Gasteiger partial charge on any atom is -0.314 e. The van der Waals surface area contributed by atoms with Gasteiger partial charge in [-0.15, -0.1) is 0 Å². The molecule has 0 rings (SSSR count). The zero-order valence-electron chi connectivity index (χ0n) is 5.37. The van der Waals surface area contributed by atoms with E-state index in [0.29, 0.717) is 6.42 Å². The van der Waals surface area contributed by atoms with Crippen LogP contribution in [0.25, 0.3) is 0 Å². The van der Waals surface area contributed by atoms with Gasteiger partial charge in [-0.05, 0) is 6.42 Å². The highest BCUT2D eigenvalue weighted by atomic mass is 32.2. The summed E-state index contributed by atoms with van der Waals surface area (Å²) in [5, 5.41) is 3.83. The van der Waals surface area contributed by atoms with Crippen molar-refractivity contribution in [3.63, 3.8) is 0 Å². The summed E-state index contributed by atoms with van der Waals surface area (Å²) in [5.74, 6) is 0. The molecular weight excluding hydrogens is 140 g/mol. The molecule has 0 aliphatic heterocycles. The molecule has 56 valence electrons. The summed E-state index contributed by atoms with van der Waals surface area (Å²) in [6, 6.07) is 0. The Morgan fingerprint density at radius 2 is 2.00 bits per heavy atom. The van der Waals surface area contributed by atoms with Crippen molar-refractivity contribution in [3.8, 4) is 0 Å². The van der Waals surface area contributed by atoms with Crippen molar-refractivity contribution in [2.75, 3.05) is 0 Å². The molecule has 4 nitrogen and oxygen atoms in total. The smallest absolute Gasteiger partial charge is 0.224 e. The topological polar surface area (TPSA) is 86.2 Å². The maximum atomic E-state index is 10.4. The van der Waals surface area contributed by atoms with Crippen LogP contribution in [-0.2, 0) is 10.0 Å². The molecule has 0 amide bonds. The molecule has 1 atom stereocenters. The molecule has 5 heteroatoms. The lowest BCUT2D eigenvalue weighted by molar-refractivity contribution is 0.573. The standard InChI is InChI=1S/C4H12N2O2S/c1-2-3-4(5)9(6,7)8/h4H,2-3,5H2,1H3,(H2,6,7,8). The SMILES string of the molecule is CCCC(N)S(N)(=O)=O. The van der Waals surface area contributed by atoms with Crippen molar-refractivity contribution in [2.24, 2.45) is 10.9 Å². The fourth-order valence-corrected chi connectivity index (χ4v) is 1.01. The third kappa shape index (κ3) is 3.45. The van der Waals surface area contributed by atoms with Crippen LogP contribution < -0.4 is 10.9 Å². The van der Waals surface area contributed by atoms with Crippen molar-refractivity contribution < 1.29 is 8.42 Å². The van der Waals surface area contributed by atoms with Crippen molar-refractivity contribution >= 4 is 10.0 Å². The third-order valence-electron chi connectivity index (χ3n) is 0.995. The van der Waals surface area contributed by atoms with Gasteiger partial charge >= 0.3 is 0 Å². The molecule has 0 aliphatic rings. The molecule has 1 unspecified atom stereocenters. The fraction of sp³-hybridized carbons (Fsp3) is 1.00. The van der Waals surface area contributed by atoms with Crippen molar-refractivity contribution in [2.45, 2.75) is 25.1 Å². The van der Waals surface area contributed by atoms with Crippen LogP contribution in [0.15, 0.2) is 0 Å². The average molecular weight is 152 g/mol. The van der Waals surface area contributed by atoms with Gasteiger partial charge in [0.2, 0.25) is 10.0 Å². The first-order valence-corrected chi connectivity index (χ1v) is 4.36. The first kappa shape index (κ1) is 8.87. The Kier molecular flexibility index (Phi) is 3.10. The second kappa shape index (κ2) is 3.14. The van der Waals surface area contributed by atoms with Gasteiger partial charge in [0, 0.05) is 0 Å². The highest BCUT2D eigenvalue weighted by Gasteiger charge is 2.13. The Hall–Kier alpha value is -0.130. The Labute approximate surface area is 55.3 Å². The lowest BCUT2D eigenvalue weighted by Crippen LogP contribution is -2.35. The Balaban J connectivity index is 3.90. The maximum absolute atomic E-state index is 10.4. The number of hydrogen-bond acceptors (Lipinski definition) is 3. The van der Waals surface area contributed by atoms with Crippen LogP contribution in [0.5, 0.6) is 0 Å². The highest BCUT2D eigenvalue weighted by molar-refractivity contribution is 7.89. The van der Waals surface area contributed by atoms with Gasteiger partial charge in [0.15, 0.2) is 0 Å². The minimum absolute atomic E-state index is 0.429. The molecule has 0 fully saturated rings. The minimum atomic E-state index is -3.49.